The van der Waals surface area contributed by atoms with E-state index in [1.807, 2.05) is 4.90 Å². The normalized spacial score (nSPS) is 31.6. The summed E-state index contributed by atoms with van der Waals surface area (Å²) in [5.74, 6) is 2.09. The summed E-state index contributed by atoms with van der Waals surface area (Å²) >= 11 is 0. The lowest BCUT2D eigenvalue weighted by Gasteiger charge is -2.40. The number of β-amino-alcohol motifs (C(OH)–C–C–N with tert-alkyl or cyclic N) is 1. The standard InChI is InChI=1S/C13H23NO2/c1-9(2)10-3-5-11(6-4-10)13(16)14-7-12(15)8-14/h9-12,15H,3-8H2,1-2H3. The number of hydrogen-bond acceptors (Lipinski definition) is 2. The second kappa shape index (κ2) is 4.74. The molecule has 1 amide bonds. The van der Waals surface area contributed by atoms with Crippen LogP contribution in [-0.4, -0.2) is 35.1 Å². The Bertz CT molecular complexity index is 251. The summed E-state index contributed by atoms with van der Waals surface area (Å²) in [4.78, 5) is 13.8. The monoisotopic (exact) mass is 225 g/mol. The predicted octanol–water partition coefficient (Wildman–Crippen LogP) is 1.65. The van der Waals surface area contributed by atoms with E-state index in [-0.39, 0.29) is 17.9 Å². The molecule has 1 aliphatic carbocycles. The number of nitrogens with zero attached hydrogens (tertiary/aromatic N) is 1. The minimum absolute atomic E-state index is 0.238. The molecule has 3 heteroatoms. The molecular formula is C13H23NO2. The molecule has 2 rings (SSSR count). The fourth-order valence-electron chi connectivity index (χ4n) is 2.93. The zero-order chi connectivity index (χ0) is 11.7. The molecule has 0 spiro atoms. The van der Waals surface area contributed by atoms with Crippen LogP contribution in [0.2, 0.25) is 0 Å². The van der Waals surface area contributed by atoms with Crippen molar-refractivity contribution in [3.8, 4) is 0 Å². The number of likely N-dealkylation sites (tertiary alicyclic amines) is 1. The van der Waals surface area contributed by atoms with Gasteiger partial charge in [-0.15, -0.1) is 0 Å². The fourth-order valence-corrected chi connectivity index (χ4v) is 2.93. The van der Waals surface area contributed by atoms with Crippen LogP contribution in [0.4, 0.5) is 0 Å². The lowest BCUT2D eigenvalue weighted by molar-refractivity contribution is -0.147. The highest BCUT2D eigenvalue weighted by Crippen LogP contribution is 2.34. The summed E-state index contributed by atoms with van der Waals surface area (Å²) in [6.45, 7) is 5.67. The lowest BCUT2D eigenvalue weighted by atomic mass is 9.76. The predicted molar refractivity (Wildman–Crippen MR) is 62.9 cm³/mol. The first-order valence-electron chi connectivity index (χ1n) is 6.54. The quantitative estimate of drug-likeness (QED) is 0.776. The van der Waals surface area contributed by atoms with Crippen molar-refractivity contribution in [3.63, 3.8) is 0 Å². The molecule has 1 aliphatic heterocycles. The lowest BCUT2D eigenvalue weighted by Crippen LogP contribution is -2.55. The van der Waals surface area contributed by atoms with Gasteiger partial charge in [0, 0.05) is 19.0 Å². The molecule has 0 radical (unpaired) electrons. The molecule has 2 fully saturated rings. The Morgan fingerprint density at radius 2 is 1.75 bits per heavy atom. The largest absolute Gasteiger partial charge is 0.389 e. The Hall–Kier alpha value is -0.570. The van der Waals surface area contributed by atoms with Crippen LogP contribution in [0, 0.1) is 17.8 Å². The van der Waals surface area contributed by atoms with E-state index >= 15 is 0 Å². The highest BCUT2D eigenvalue weighted by Gasteiger charge is 2.35. The van der Waals surface area contributed by atoms with E-state index in [4.69, 9.17) is 0 Å². The number of aliphatic hydroxyl groups excluding tert-OH is 1. The maximum Gasteiger partial charge on any atom is 0.225 e. The van der Waals surface area contributed by atoms with Crippen LogP contribution >= 0.6 is 0 Å². The van der Waals surface area contributed by atoms with Gasteiger partial charge < -0.3 is 10.0 Å². The number of rotatable bonds is 2. The average Bonchev–Trinajstić information content (AvgIpc) is 2.24. The summed E-state index contributed by atoms with van der Waals surface area (Å²) in [6, 6.07) is 0. The van der Waals surface area contributed by atoms with Crippen LogP contribution in [-0.2, 0) is 4.79 Å². The Morgan fingerprint density at radius 3 is 2.19 bits per heavy atom. The van der Waals surface area contributed by atoms with Crippen molar-refractivity contribution in [2.45, 2.75) is 45.6 Å². The van der Waals surface area contributed by atoms with Crippen molar-refractivity contribution < 1.29 is 9.90 Å². The second-order valence-corrected chi connectivity index (χ2v) is 5.75. The number of hydrogen-bond donors (Lipinski definition) is 1. The van der Waals surface area contributed by atoms with Gasteiger partial charge in [0.2, 0.25) is 5.91 Å². The Labute approximate surface area is 97.8 Å². The third kappa shape index (κ3) is 2.40. The minimum atomic E-state index is -0.268. The van der Waals surface area contributed by atoms with E-state index in [1.54, 1.807) is 0 Å². The van der Waals surface area contributed by atoms with Crippen molar-refractivity contribution in [3.05, 3.63) is 0 Å². The van der Waals surface area contributed by atoms with Crippen LogP contribution in [0.25, 0.3) is 0 Å². The SMILES string of the molecule is CC(C)C1CCC(C(=O)N2CC(O)C2)CC1. The average molecular weight is 225 g/mol. The first-order chi connectivity index (χ1) is 7.58. The van der Waals surface area contributed by atoms with Gasteiger partial charge in [-0.05, 0) is 37.5 Å². The van der Waals surface area contributed by atoms with Crippen LogP contribution in [0.5, 0.6) is 0 Å². The van der Waals surface area contributed by atoms with E-state index in [0.717, 1.165) is 24.7 Å². The number of aliphatic hydroxyl groups is 1. The maximum atomic E-state index is 12.0. The highest BCUT2D eigenvalue weighted by atomic mass is 16.3. The Morgan fingerprint density at radius 1 is 1.19 bits per heavy atom. The van der Waals surface area contributed by atoms with Gasteiger partial charge in [-0.3, -0.25) is 4.79 Å². The number of carbonyl (C=O) groups excluding carboxylic acids is 1. The van der Waals surface area contributed by atoms with Crippen molar-refractivity contribution >= 4 is 5.91 Å². The van der Waals surface area contributed by atoms with E-state index < -0.39 is 0 Å². The number of carbonyl (C=O) groups is 1. The molecule has 0 bridgehead atoms. The van der Waals surface area contributed by atoms with Gasteiger partial charge in [0.1, 0.15) is 0 Å². The summed E-state index contributed by atoms with van der Waals surface area (Å²) in [5.41, 5.74) is 0. The van der Waals surface area contributed by atoms with Crippen molar-refractivity contribution in [2.75, 3.05) is 13.1 Å². The molecule has 0 aromatic rings. The molecule has 3 nitrogen and oxygen atoms in total. The Kier molecular flexibility index (Phi) is 3.53. The first-order valence-corrected chi connectivity index (χ1v) is 6.54. The summed E-state index contributed by atoms with van der Waals surface area (Å²) in [6.07, 6.45) is 4.23. The van der Waals surface area contributed by atoms with E-state index in [0.29, 0.717) is 13.1 Å². The molecule has 1 heterocycles. The van der Waals surface area contributed by atoms with Gasteiger partial charge >= 0.3 is 0 Å². The molecule has 16 heavy (non-hydrogen) atoms. The van der Waals surface area contributed by atoms with Crippen LogP contribution in [0.3, 0.4) is 0 Å². The van der Waals surface area contributed by atoms with Crippen LogP contribution in [0.15, 0.2) is 0 Å². The summed E-state index contributed by atoms with van der Waals surface area (Å²) in [7, 11) is 0. The van der Waals surface area contributed by atoms with Crippen molar-refractivity contribution in [1.29, 1.82) is 0 Å². The van der Waals surface area contributed by atoms with Gasteiger partial charge in [-0.2, -0.15) is 0 Å². The fraction of sp³-hybridized carbons (Fsp3) is 0.923. The molecule has 1 N–H and O–H groups in total. The topological polar surface area (TPSA) is 40.5 Å². The van der Waals surface area contributed by atoms with Crippen molar-refractivity contribution in [2.24, 2.45) is 17.8 Å². The molecule has 1 saturated heterocycles. The number of amides is 1. The van der Waals surface area contributed by atoms with Crippen molar-refractivity contribution in [1.82, 2.24) is 4.90 Å². The van der Waals surface area contributed by atoms with E-state index in [9.17, 15) is 9.90 Å². The molecule has 92 valence electrons. The van der Waals surface area contributed by atoms with Crippen LogP contribution in [0.1, 0.15) is 39.5 Å². The van der Waals surface area contributed by atoms with Gasteiger partial charge in [0.15, 0.2) is 0 Å². The van der Waals surface area contributed by atoms with Gasteiger partial charge in [-0.25, -0.2) is 0 Å². The molecule has 0 aromatic carbocycles. The second-order valence-electron chi connectivity index (χ2n) is 5.75. The maximum absolute atomic E-state index is 12.0. The van der Waals surface area contributed by atoms with Gasteiger partial charge in [-0.1, -0.05) is 13.8 Å². The summed E-state index contributed by atoms with van der Waals surface area (Å²) in [5, 5.41) is 9.19. The minimum Gasteiger partial charge on any atom is -0.389 e. The van der Waals surface area contributed by atoms with Gasteiger partial charge in [0.05, 0.1) is 6.10 Å². The molecular weight excluding hydrogens is 202 g/mol. The zero-order valence-corrected chi connectivity index (χ0v) is 10.4. The molecule has 0 unspecified atom stereocenters. The third-order valence-electron chi connectivity index (χ3n) is 4.24. The molecule has 2 aliphatic rings. The summed E-state index contributed by atoms with van der Waals surface area (Å²) < 4.78 is 0. The first kappa shape index (κ1) is 11.9. The molecule has 0 aromatic heterocycles. The van der Waals surface area contributed by atoms with E-state index in [1.165, 1.54) is 12.8 Å². The zero-order valence-electron chi connectivity index (χ0n) is 10.4. The highest BCUT2D eigenvalue weighted by molar-refractivity contribution is 5.79. The van der Waals surface area contributed by atoms with Gasteiger partial charge in [0.25, 0.3) is 0 Å². The third-order valence-corrected chi connectivity index (χ3v) is 4.24. The smallest absolute Gasteiger partial charge is 0.225 e. The molecule has 1 saturated carbocycles. The van der Waals surface area contributed by atoms with E-state index in [2.05, 4.69) is 13.8 Å². The molecule has 0 atom stereocenters. The Balaban J connectivity index is 1.78. The van der Waals surface area contributed by atoms with Crippen LogP contribution < -0.4 is 0 Å².